The first-order chi connectivity index (χ1) is 18.1. The second kappa shape index (κ2) is 8.52. The van der Waals surface area contributed by atoms with E-state index in [1.54, 1.807) is 7.11 Å². The molecule has 1 aliphatic carbocycles. The number of aliphatic hydroxyl groups is 1. The van der Waals surface area contributed by atoms with Crippen LogP contribution in [0.4, 0.5) is 5.69 Å². The number of aryl methyl sites for hydroxylation is 1. The normalized spacial score (nSPS) is 20.5. The molecule has 8 heteroatoms. The molecule has 2 aliphatic heterocycles. The van der Waals surface area contributed by atoms with Crippen LogP contribution in [0.5, 0.6) is 5.75 Å². The van der Waals surface area contributed by atoms with Gasteiger partial charge in [0.1, 0.15) is 11.3 Å². The summed E-state index contributed by atoms with van der Waals surface area (Å²) in [7, 11) is 3.69. The van der Waals surface area contributed by atoms with Gasteiger partial charge in [-0.3, -0.25) is 4.79 Å². The Labute approximate surface area is 216 Å². The van der Waals surface area contributed by atoms with Crippen molar-refractivity contribution in [3.8, 4) is 17.3 Å². The number of imidazole rings is 1. The summed E-state index contributed by atoms with van der Waals surface area (Å²) in [6.45, 7) is 3.65. The maximum absolute atomic E-state index is 13.5. The van der Waals surface area contributed by atoms with Crippen molar-refractivity contribution in [2.75, 3.05) is 38.3 Å². The molecule has 3 aliphatic rings. The highest BCUT2D eigenvalue weighted by molar-refractivity contribution is 6.01. The summed E-state index contributed by atoms with van der Waals surface area (Å²) in [5.74, 6) is 2.29. The third-order valence-corrected chi connectivity index (χ3v) is 8.72. The van der Waals surface area contributed by atoms with Crippen LogP contribution in [0.1, 0.15) is 36.0 Å². The summed E-state index contributed by atoms with van der Waals surface area (Å²) in [6.07, 6.45) is 4.26. The minimum absolute atomic E-state index is 0.0933. The molecule has 2 fully saturated rings. The number of methoxy groups -OCH3 is 1. The van der Waals surface area contributed by atoms with Gasteiger partial charge in [-0.2, -0.15) is 0 Å². The molecular weight excluding hydrogens is 466 g/mol. The molecule has 4 aromatic rings. The standard InChI is InChI=1S/C29H33N5O3/c1-31-27-22(14-20(16-25(27)37-2)29(36)34-17-18-7-8-21(34)13-18)30-28(31)24-15-19-5-3-6-23-26(19)33(24)11-10-32(23)9-4-12-35/h3,5-6,14-16,18,21,35H,4,7-13,17H2,1-2H3/t18-,21+/m0/s1. The summed E-state index contributed by atoms with van der Waals surface area (Å²) in [6, 6.07) is 12.8. The van der Waals surface area contributed by atoms with Crippen LogP contribution in [-0.4, -0.2) is 69.4 Å². The number of likely N-dealkylation sites (tertiary alicyclic amines) is 1. The molecule has 8 nitrogen and oxygen atoms in total. The van der Waals surface area contributed by atoms with Crippen molar-refractivity contribution in [2.24, 2.45) is 13.0 Å². The second-order valence-electron chi connectivity index (χ2n) is 10.8. The molecule has 37 heavy (non-hydrogen) atoms. The third kappa shape index (κ3) is 3.38. The zero-order valence-electron chi connectivity index (χ0n) is 21.5. The van der Waals surface area contributed by atoms with Crippen LogP contribution in [0.2, 0.25) is 0 Å². The maximum atomic E-state index is 13.5. The molecule has 2 aromatic carbocycles. The summed E-state index contributed by atoms with van der Waals surface area (Å²) >= 11 is 0. The Morgan fingerprint density at radius 3 is 2.81 bits per heavy atom. The first-order valence-electron chi connectivity index (χ1n) is 13.4. The lowest BCUT2D eigenvalue weighted by atomic mass is 10.1. The van der Waals surface area contributed by atoms with E-state index >= 15 is 0 Å². The number of aromatic nitrogens is 3. The SMILES string of the molecule is COc1cc(C(=O)N2C[C@H]3CC[C@@H]2C3)cc2nc(-c3cc4cccc5c4n3CCN5CCCO)n(C)c12. The molecule has 0 spiro atoms. The fourth-order valence-corrected chi connectivity index (χ4v) is 6.97. The number of aliphatic hydroxyl groups excluding tert-OH is 1. The van der Waals surface area contributed by atoms with Crippen molar-refractivity contribution in [1.82, 2.24) is 19.0 Å². The van der Waals surface area contributed by atoms with Crippen molar-refractivity contribution in [3.05, 3.63) is 42.0 Å². The summed E-state index contributed by atoms with van der Waals surface area (Å²) < 4.78 is 10.3. The number of nitrogens with zero attached hydrogens (tertiary/aromatic N) is 5. The number of benzene rings is 2. The highest BCUT2D eigenvalue weighted by atomic mass is 16.5. The van der Waals surface area contributed by atoms with Crippen molar-refractivity contribution in [1.29, 1.82) is 0 Å². The second-order valence-corrected chi connectivity index (χ2v) is 10.8. The minimum Gasteiger partial charge on any atom is -0.494 e. The molecule has 0 unspecified atom stereocenters. The van der Waals surface area contributed by atoms with Crippen LogP contribution in [0, 0.1) is 5.92 Å². The summed E-state index contributed by atoms with van der Waals surface area (Å²) in [5, 5.41) is 10.5. The highest BCUT2D eigenvalue weighted by Crippen LogP contribution is 2.41. The Bertz CT molecular complexity index is 1540. The third-order valence-electron chi connectivity index (χ3n) is 8.72. The number of fused-ring (bicyclic) bond motifs is 3. The Kier molecular flexibility index (Phi) is 5.22. The number of anilines is 1. The first-order valence-corrected chi connectivity index (χ1v) is 13.4. The number of carbonyl (C=O) groups excluding carboxylic acids is 1. The molecule has 2 aromatic heterocycles. The molecule has 1 saturated heterocycles. The van der Waals surface area contributed by atoms with Gasteiger partial charge in [0.2, 0.25) is 0 Å². The van der Waals surface area contributed by atoms with Crippen LogP contribution in [-0.2, 0) is 13.6 Å². The lowest BCUT2D eigenvalue weighted by Crippen LogP contribution is -2.37. The van der Waals surface area contributed by atoms with Crippen molar-refractivity contribution >= 4 is 33.5 Å². The number of ether oxygens (including phenoxy) is 1. The largest absolute Gasteiger partial charge is 0.494 e. The smallest absolute Gasteiger partial charge is 0.254 e. The van der Waals surface area contributed by atoms with Crippen LogP contribution < -0.4 is 9.64 Å². The van der Waals surface area contributed by atoms with Gasteiger partial charge in [-0.05, 0) is 55.9 Å². The van der Waals surface area contributed by atoms with Crippen LogP contribution in [0.25, 0.3) is 33.5 Å². The van der Waals surface area contributed by atoms with Gasteiger partial charge in [0, 0.05) is 56.8 Å². The number of piperidine rings is 1. The fourth-order valence-electron chi connectivity index (χ4n) is 6.97. The predicted octanol–water partition coefficient (Wildman–Crippen LogP) is 4.03. The van der Waals surface area contributed by atoms with E-state index in [4.69, 9.17) is 9.72 Å². The summed E-state index contributed by atoms with van der Waals surface area (Å²) in [5.41, 5.74) is 5.81. The fraction of sp³-hybridized carbons (Fsp3) is 0.448. The first kappa shape index (κ1) is 22.7. The van der Waals surface area contributed by atoms with Gasteiger partial charge in [0.25, 0.3) is 5.91 Å². The van der Waals surface area contributed by atoms with Gasteiger partial charge < -0.3 is 28.8 Å². The Hall–Kier alpha value is -3.52. The molecule has 2 bridgehead atoms. The van der Waals surface area contributed by atoms with Crippen LogP contribution in [0.3, 0.4) is 0 Å². The molecule has 2 atom stereocenters. The number of carbonyl (C=O) groups is 1. The van der Waals surface area contributed by atoms with Gasteiger partial charge in [-0.25, -0.2) is 4.98 Å². The number of amides is 1. The average Bonchev–Trinajstić information content (AvgIpc) is 3.71. The molecular formula is C29H33N5O3. The Balaban J connectivity index is 1.33. The predicted molar refractivity (Wildman–Crippen MR) is 144 cm³/mol. The van der Waals surface area contributed by atoms with Crippen LogP contribution >= 0.6 is 0 Å². The quantitative estimate of drug-likeness (QED) is 0.434. The maximum Gasteiger partial charge on any atom is 0.254 e. The Morgan fingerprint density at radius 2 is 2.05 bits per heavy atom. The molecule has 1 saturated carbocycles. The van der Waals surface area contributed by atoms with Gasteiger partial charge in [-0.1, -0.05) is 12.1 Å². The number of hydrogen-bond acceptors (Lipinski definition) is 5. The number of para-hydroxylation sites is 1. The zero-order valence-corrected chi connectivity index (χ0v) is 21.5. The highest BCUT2D eigenvalue weighted by Gasteiger charge is 2.40. The van der Waals surface area contributed by atoms with E-state index in [1.807, 2.05) is 19.2 Å². The van der Waals surface area contributed by atoms with Gasteiger partial charge in [0.15, 0.2) is 5.82 Å². The van der Waals surface area contributed by atoms with E-state index in [1.165, 1.54) is 23.0 Å². The van der Waals surface area contributed by atoms with E-state index in [-0.39, 0.29) is 12.5 Å². The van der Waals surface area contributed by atoms with E-state index in [0.717, 1.165) is 68.0 Å². The van der Waals surface area contributed by atoms with E-state index in [2.05, 4.69) is 43.2 Å². The molecule has 7 rings (SSSR count). The number of rotatable bonds is 6. The lowest BCUT2D eigenvalue weighted by molar-refractivity contribution is 0.0703. The summed E-state index contributed by atoms with van der Waals surface area (Å²) in [4.78, 5) is 23.0. The van der Waals surface area contributed by atoms with Crippen LogP contribution in [0.15, 0.2) is 36.4 Å². The Morgan fingerprint density at radius 1 is 1.16 bits per heavy atom. The molecule has 192 valence electrons. The molecule has 4 heterocycles. The average molecular weight is 500 g/mol. The van der Waals surface area contributed by atoms with E-state index in [9.17, 15) is 9.90 Å². The molecule has 1 N–H and O–H groups in total. The van der Waals surface area contributed by atoms with Gasteiger partial charge in [0.05, 0.1) is 29.5 Å². The van der Waals surface area contributed by atoms with Crippen molar-refractivity contribution in [3.63, 3.8) is 0 Å². The van der Waals surface area contributed by atoms with Gasteiger partial charge >= 0.3 is 0 Å². The molecule has 1 amide bonds. The zero-order chi connectivity index (χ0) is 25.3. The van der Waals surface area contributed by atoms with E-state index < -0.39 is 0 Å². The molecule has 0 radical (unpaired) electrons. The monoisotopic (exact) mass is 499 g/mol. The lowest BCUT2D eigenvalue weighted by Gasteiger charge is -2.31. The topological polar surface area (TPSA) is 75.8 Å². The van der Waals surface area contributed by atoms with Gasteiger partial charge in [-0.15, -0.1) is 0 Å². The number of hydrogen-bond donors (Lipinski definition) is 1. The van der Waals surface area contributed by atoms with Crippen molar-refractivity contribution in [2.45, 2.75) is 38.3 Å². The van der Waals surface area contributed by atoms with Crippen molar-refractivity contribution < 1.29 is 14.6 Å². The van der Waals surface area contributed by atoms with E-state index in [0.29, 0.717) is 23.3 Å². The minimum atomic E-state index is 0.0933.